The first-order chi connectivity index (χ1) is 8.27. The quantitative estimate of drug-likeness (QED) is 0.783. The summed E-state index contributed by atoms with van der Waals surface area (Å²) in [4.78, 5) is 14.7. The summed E-state index contributed by atoms with van der Waals surface area (Å²) in [6.45, 7) is 0.131. The normalized spacial score (nSPS) is 9.88. The second-order valence-electron chi connectivity index (χ2n) is 3.45. The zero-order valence-electron chi connectivity index (χ0n) is 9.41. The van der Waals surface area contributed by atoms with Crippen LogP contribution in [-0.2, 0) is 0 Å². The van der Waals surface area contributed by atoms with Gasteiger partial charge in [-0.25, -0.2) is 0 Å². The van der Waals surface area contributed by atoms with Crippen LogP contribution >= 0.6 is 0 Å². The Hall–Kier alpha value is -2.41. The van der Waals surface area contributed by atoms with Crippen molar-refractivity contribution in [2.45, 2.75) is 0 Å². The SMILES string of the molecule is C#CCOc1c(C(=O)NC)[nH]c2ccccc12. The van der Waals surface area contributed by atoms with Crippen molar-refractivity contribution in [2.24, 2.45) is 0 Å². The number of carbonyl (C=O) groups excluding carboxylic acids is 1. The molecule has 0 spiro atoms. The highest BCUT2D eigenvalue weighted by atomic mass is 16.5. The molecule has 2 N–H and O–H groups in total. The summed E-state index contributed by atoms with van der Waals surface area (Å²) in [6.07, 6.45) is 5.16. The zero-order chi connectivity index (χ0) is 12.3. The molecule has 1 aromatic heterocycles. The Morgan fingerprint density at radius 3 is 3.00 bits per heavy atom. The van der Waals surface area contributed by atoms with E-state index in [9.17, 15) is 4.79 Å². The monoisotopic (exact) mass is 228 g/mol. The molecule has 0 aliphatic rings. The van der Waals surface area contributed by atoms with Gasteiger partial charge in [-0.05, 0) is 12.1 Å². The minimum Gasteiger partial charge on any atom is -0.478 e. The zero-order valence-corrected chi connectivity index (χ0v) is 9.41. The molecule has 0 saturated heterocycles. The van der Waals surface area contributed by atoms with Crippen molar-refractivity contribution >= 4 is 16.8 Å². The highest BCUT2D eigenvalue weighted by Gasteiger charge is 2.17. The van der Waals surface area contributed by atoms with Crippen LogP contribution < -0.4 is 10.1 Å². The molecule has 0 saturated carbocycles. The van der Waals surface area contributed by atoms with Crippen molar-refractivity contribution in [3.8, 4) is 18.1 Å². The molecule has 17 heavy (non-hydrogen) atoms. The number of nitrogens with one attached hydrogen (secondary N) is 2. The van der Waals surface area contributed by atoms with Crippen LogP contribution in [0.3, 0.4) is 0 Å². The van der Waals surface area contributed by atoms with Gasteiger partial charge in [-0.2, -0.15) is 0 Å². The fourth-order valence-electron chi connectivity index (χ4n) is 1.66. The van der Waals surface area contributed by atoms with Crippen LogP contribution in [-0.4, -0.2) is 24.5 Å². The molecule has 0 atom stereocenters. The van der Waals surface area contributed by atoms with Crippen molar-refractivity contribution in [3.05, 3.63) is 30.0 Å². The van der Waals surface area contributed by atoms with E-state index in [-0.39, 0.29) is 12.5 Å². The van der Waals surface area contributed by atoms with Crippen molar-refractivity contribution < 1.29 is 9.53 Å². The van der Waals surface area contributed by atoms with E-state index in [0.717, 1.165) is 10.9 Å². The standard InChI is InChI=1S/C13H12N2O2/c1-3-8-17-12-9-6-4-5-7-10(9)15-11(12)13(16)14-2/h1,4-7,15H,8H2,2H3,(H,14,16). The average molecular weight is 228 g/mol. The number of ether oxygens (including phenoxy) is 1. The van der Waals surface area contributed by atoms with Gasteiger partial charge in [-0.3, -0.25) is 4.79 Å². The number of aromatic amines is 1. The molecule has 0 aliphatic carbocycles. The molecule has 0 fully saturated rings. The summed E-state index contributed by atoms with van der Waals surface area (Å²) in [5.74, 6) is 2.66. The number of rotatable bonds is 3. The number of para-hydroxylation sites is 1. The number of hydrogen-bond donors (Lipinski definition) is 2. The van der Waals surface area contributed by atoms with Gasteiger partial charge in [-0.1, -0.05) is 18.1 Å². The van der Waals surface area contributed by atoms with Crippen LogP contribution in [0.1, 0.15) is 10.5 Å². The second-order valence-corrected chi connectivity index (χ2v) is 3.45. The molecule has 0 aliphatic heterocycles. The number of terminal acetylenes is 1. The van der Waals surface area contributed by atoms with Gasteiger partial charge in [0.2, 0.25) is 0 Å². The van der Waals surface area contributed by atoms with Crippen LogP contribution in [0.2, 0.25) is 0 Å². The fraction of sp³-hybridized carbons (Fsp3) is 0.154. The number of benzene rings is 1. The smallest absolute Gasteiger partial charge is 0.271 e. The van der Waals surface area contributed by atoms with Gasteiger partial charge in [0.1, 0.15) is 12.3 Å². The predicted octanol–water partition coefficient (Wildman–Crippen LogP) is 1.54. The molecule has 1 amide bonds. The number of aromatic nitrogens is 1. The third kappa shape index (κ3) is 1.95. The molecule has 0 bridgehead atoms. The van der Waals surface area contributed by atoms with E-state index < -0.39 is 0 Å². The highest BCUT2D eigenvalue weighted by Crippen LogP contribution is 2.29. The lowest BCUT2D eigenvalue weighted by molar-refractivity contribution is 0.0955. The largest absolute Gasteiger partial charge is 0.478 e. The summed E-state index contributed by atoms with van der Waals surface area (Å²) < 4.78 is 5.43. The number of amides is 1. The summed E-state index contributed by atoms with van der Waals surface area (Å²) in [5.41, 5.74) is 1.24. The lowest BCUT2D eigenvalue weighted by Gasteiger charge is -2.03. The number of H-pyrrole nitrogens is 1. The highest BCUT2D eigenvalue weighted by molar-refractivity contribution is 6.03. The van der Waals surface area contributed by atoms with Gasteiger partial charge in [0.25, 0.3) is 5.91 Å². The Morgan fingerprint density at radius 2 is 2.29 bits per heavy atom. The first-order valence-electron chi connectivity index (χ1n) is 5.17. The maximum atomic E-state index is 11.7. The van der Waals surface area contributed by atoms with Gasteiger partial charge in [0.05, 0.1) is 0 Å². The third-order valence-electron chi connectivity index (χ3n) is 2.41. The van der Waals surface area contributed by atoms with Gasteiger partial charge in [0.15, 0.2) is 5.75 Å². The van der Waals surface area contributed by atoms with E-state index >= 15 is 0 Å². The average Bonchev–Trinajstić information content (AvgIpc) is 2.74. The first kappa shape index (κ1) is 11.1. The Morgan fingerprint density at radius 1 is 1.53 bits per heavy atom. The second kappa shape index (κ2) is 4.62. The van der Waals surface area contributed by atoms with E-state index in [1.165, 1.54) is 0 Å². The number of fused-ring (bicyclic) bond motifs is 1. The van der Waals surface area contributed by atoms with Crippen molar-refractivity contribution in [3.63, 3.8) is 0 Å². The van der Waals surface area contributed by atoms with Crippen LogP contribution in [0.5, 0.6) is 5.75 Å². The van der Waals surface area contributed by atoms with Gasteiger partial charge in [0, 0.05) is 18.0 Å². The Labute approximate surface area is 99.0 Å². The van der Waals surface area contributed by atoms with Crippen LogP contribution in [0.15, 0.2) is 24.3 Å². The minimum absolute atomic E-state index is 0.131. The van der Waals surface area contributed by atoms with Crippen LogP contribution in [0.4, 0.5) is 0 Å². The molecule has 4 nitrogen and oxygen atoms in total. The molecule has 0 unspecified atom stereocenters. The van der Waals surface area contributed by atoms with Crippen molar-refractivity contribution in [1.82, 2.24) is 10.3 Å². The lowest BCUT2D eigenvalue weighted by Crippen LogP contribution is -2.19. The van der Waals surface area contributed by atoms with E-state index in [4.69, 9.17) is 11.2 Å². The third-order valence-corrected chi connectivity index (χ3v) is 2.41. The molecule has 2 aromatic rings. The molecular formula is C13H12N2O2. The maximum absolute atomic E-state index is 11.7. The van der Waals surface area contributed by atoms with Crippen molar-refractivity contribution in [2.75, 3.05) is 13.7 Å². The van der Waals surface area contributed by atoms with E-state index in [1.54, 1.807) is 7.05 Å². The van der Waals surface area contributed by atoms with Gasteiger partial charge >= 0.3 is 0 Å². The molecule has 1 heterocycles. The minimum atomic E-state index is -0.228. The first-order valence-corrected chi connectivity index (χ1v) is 5.17. The number of carbonyl (C=O) groups is 1. The Balaban J connectivity index is 2.57. The van der Waals surface area contributed by atoms with Crippen LogP contribution in [0.25, 0.3) is 10.9 Å². The summed E-state index contributed by atoms with van der Waals surface area (Å²) in [6, 6.07) is 7.53. The van der Waals surface area contributed by atoms with Crippen molar-refractivity contribution in [1.29, 1.82) is 0 Å². The Kier molecular flexibility index (Phi) is 3.01. The molecule has 4 heteroatoms. The van der Waals surface area contributed by atoms with E-state index in [2.05, 4.69) is 16.2 Å². The van der Waals surface area contributed by atoms with Crippen LogP contribution in [0, 0.1) is 12.3 Å². The molecule has 86 valence electrons. The van der Waals surface area contributed by atoms with E-state index in [0.29, 0.717) is 11.4 Å². The Bertz CT molecular complexity index is 593. The lowest BCUT2D eigenvalue weighted by atomic mass is 10.2. The summed E-state index contributed by atoms with van der Waals surface area (Å²) in [7, 11) is 1.57. The molecule has 1 aromatic carbocycles. The van der Waals surface area contributed by atoms with Gasteiger partial charge in [-0.15, -0.1) is 6.42 Å². The maximum Gasteiger partial charge on any atom is 0.271 e. The molecule has 2 rings (SSSR count). The topological polar surface area (TPSA) is 54.1 Å². The summed E-state index contributed by atoms with van der Waals surface area (Å²) >= 11 is 0. The predicted molar refractivity (Wildman–Crippen MR) is 66.0 cm³/mol. The summed E-state index contributed by atoms with van der Waals surface area (Å²) in [5, 5.41) is 3.41. The fourth-order valence-corrected chi connectivity index (χ4v) is 1.66. The molecule has 0 radical (unpaired) electrons. The van der Waals surface area contributed by atoms with E-state index in [1.807, 2.05) is 24.3 Å². The number of hydrogen-bond acceptors (Lipinski definition) is 2. The van der Waals surface area contributed by atoms with Gasteiger partial charge < -0.3 is 15.0 Å². The molecular weight excluding hydrogens is 216 g/mol.